The van der Waals surface area contributed by atoms with Gasteiger partial charge in [-0.1, -0.05) is 13.0 Å². The van der Waals surface area contributed by atoms with Crippen molar-refractivity contribution < 1.29 is 24.2 Å². The molecule has 1 fully saturated rings. The molecule has 4 rings (SSSR count). The van der Waals surface area contributed by atoms with E-state index in [1.165, 1.54) is 4.90 Å². The Morgan fingerprint density at radius 2 is 2.09 bits per heavy atom. The Labute approximate surface area is 191 Å². The third-order valence-electron chi connectivity index (χ3n) is 5.94. The molecular weight excluding hydrogens is 424 g/mol. The molecule has 2 aromatic carbocycles. The SMILES string of the molecule is CCc1cc(C#N)ccc1NC(=O)C(O)C1OCCN(c2ccc3c(c2)C(=O)N(C)C3)C1=O. The van der Waals surface area contributed by atoms with Crippen molar-refractivity contribution in [2.24, 2.45) is 0 Å². The number of amides is 3. The summed E-state index contributed by atoms with van der Waals surface area (Å²) < 4.78 is 5.47. The number of carbonyl (C=O) groups is 3. The second-order valence-corrected chi connectivity index (χ2v) is 8.06. The van der Waals surface area contributed by atoms with Crippen LogP contribution in [0.1, 0.15) is 34.0 Å². The van der Waals surface area contributed by atoms with Crippen LogP contribution in [0.25, 0.3) is 0 Å². The van der Waals surface area contributed by atoms with Crippen LogP contribution in [-0.2, 0) is 27.3 Å². The topological polar surface area (TPSA) is 123 Å². The van der Waals surface area contributed by atoms with Gasteiger partial charge >= 0.3 is 0 Å². The van der Waals surface area contributed by atoms with E-state index in [-0.39, 0.29) is 19.1 Å². The van der Waals surface area contributed by atoms with Crippen LogP contribution < -0.4 is 10.2 Å². The maximum absolute atomic E-state index is 13.1. The third kappa shape index (κ3) is 4.18. The highest BCUT2D eigenvalue weighted by molar-refractivity contribution is 6.05. The minimum atomic E-state index is -1.73. The van der Waals surface area contributed by atoms with Gasteiger partial charge in [0.25, 0.3) is 17.7 Å². The third-order valence-corrected chi connectivity index (χ3v) is 5.94. The second-order valence-electron chi connectivity index (χ2n) is 8.06. The van der Waals surface area contributed by atoms with E-state index in [0.717, 1.165) is 11.1 Å². The van der Waals surface area contributed by atoms with Gasteiger partial charge in [-0.25, -0.2) is 0 Å². The Hall–Kier alpha value is -3.74. The molecule has 2 unspecified atom stereocenters. The predicted molar refractivity (Wildman–Crippen MR) is 120 cm³/mol. The maximum atomic E-state index is 13.1. The molecule has 2 N–H and O–H groups in total. The van der Waals surface area contributed by atoms with Crippen LogP contribution in [0.4, 0.5) is 11.4 Å². The lowest BCUT2D eigenvalue weighted by molar-refractivity contribution is -0.150. The van der Waals surface area contributed by atoms with E-state index < -0.39 is 24.0 Å². The molecule has 0 saturated carbocycles. The van der Waals surface area contributed by atoms with E-state index in [1.54, 1.807) is 42.3 Å². The number of hydrogen-bond donors (Lipinski definition) is 2. The van der Waals surface area contributed by atoms with E-state index in [9.17, 15) is 19.5 Å². The largest absolute Gasteiger partial charge is 0.380 e. The number of carbonyl (C=O) groups excluding carboxylic acids is 3. The van der Waals surface area contributed by atoms with Crippen molar-refractivity contribution in [1.29, 1.82) is 5.26 Å². The number of aliphatic hydroxyl groups excluding tert-OH is 1. The van der Waals surface area contributed by atoms with Gasteiger partial charge in [0.2, 0.25) is 0 Å². The molecular formula is C24H24N4O5. The summed E-state index contributed by atoms with van der Waals surface area (Å²) >= 11 is 0. The van der Waals surface area contributed by atoms with Crippen LogP contribution in [0.3, 0.4) is 0 Å². The van der Waals surface area contributed by atoms with E-state index in [0.29, 0.717) is 35.5 Å². The molecule has 0 aliphatic carbocycles. The smallest absolute Gasteiger partial charge is 0.259 e. The summed E-state index contributed by atoms with van der Waals surface area (Å²) in [4.78, 5) is 41.2. The number of hydrogen-bond acceptors (Lipinski definition) is 6. The van der Waals surface area contributed by atoms with Crippen molar-refractivity contribution in [2.45, 2.75) is 32.1 Å². The Kier molecular flexibility index (Phi) is 6.14. The first kappa shape index (κ1) is 22.5. The van der Waals surface area contributed by atoms with Crippen molar-refractivity contribution in [2.75, 3.05) is 30.4 Å². The average molecular weight is 448 g/mol. The van der Waals surface area contributed by atoms with Gasteiger partial charge in [-0.05, 0) is 47.9 Å². The number of aryl methyl sites for hydroxylation is 1. The fourth-order valence-electron chi connectivity index (χ4n) is 4.11. The summed E-state index contributed by atoms with van der Waals surface area (Å²) in [5, 5.41) is 22.3. The molecule has 2 atom stereocenters. The number of anilines is 2. The van der Waals surface area contributed by atoms with Gasteiger partial charge < -0.3 is 25.0 Å². The molecule has 9 heteroatoms. The highest BCUT2D eigenvalue weighted by Gasteiger charge is 2.40. The standard InChI is InChI=1S/C24H24N4O5/c1-3-15-10-14(12-25)4-7-19(15)26-22(30)20(29)21-24(32)28(8-9-33-21)17-6-5-16-13-27(2)23(31)18(16)11-17/h4-7,10-11,20-21,29H,3,8-9,13H2,1-2H3,(H,26,30). The van der Waals surface area contributed by atoms with Crippen molar-refractivity contribution in [3.05, 3.63) is 58.7 Å². The lowest BCUT2D eigenvalue weighted by atomic mass is 10.0. The highest BCUT2D eigenvalue weighted by atomic mass is 16.5. The molecule has 3 amide bonds. The highest BCUT2D eigenvalue weighted by Crippen LogP contribution is 2.28. The number of morpholine rings is 1. The molecule has 2 heterocycles. The monoisotopic (exact) mass is 448 g/mol. The quantitative estimate of drug-likeness (QED) is 0.714. The summed E-state index contributed by atoms with van der Waals surface area (Å²) in [5.74, 6) is -1.45. The van der Waals surface area contributed by atoms with Crippen LogP contribution in [0, 0.1) is 11.3 Å². The summed E-state index contributed by atoms with van der Waals surface area (Å²) in [5.41, 5.74) is 3.60. The molecule has 2 aromatic rings. The summed E-state index contributed by atoms with van der Waals surface area (Å²) in [6.45, 7) is 2.76. The lowest BCUT2D eigenvalue weighted by Crippen LogP contribution is -2.55. The fraction of sp³-hybridized carbons (Fsp3) is 0.333. The van der Waals surface area contributed by atoms with Crippen LogP contribution in [0.2, 0.25) is 0 Å². The molecule has 0 spiro atoms. The molecule has 9 nitrogen and oxygen atoms in total. The normalized spacial score (nSPS) is 18.7. The number of benzene rings is 2. The fourth-order valence-corrected chi connectivity index (χ4v) is 4.11. The Morgan fingerprint density at radius 1 is 1.30 bits per heavy atom. The predicted octanol–water partition coefficient (Wildman–Crippen LogP) is 1.44. The number of ether oxygens (including phenoxy) is 1. The average Bonchev–Trinajstić information content (AvgIpc) is 3.11. The van der Waals surface area contributed by atoms with Crippen molar-refractivity contribution >= 4 is 29.1 Å². The van der Waals surface area contributed by atoms with Gasteiger partial charge in [-0.2, -0.15) is 5.26 Å². The van der Waals surface area contributed by atoms with Crippen LogP contribution in [0.15, 0.2) is 36.4 Å². The minimum Gasteiger partial charge on any atom is -0.380 e. The van der Waals surface area contributed by atoms with Crippen LogP contribution >= 0.6 is 0 Å². The van der Waals surface area contributed by atoms with Crippen molar-refractivity contribution in [3.63, 3.8) is 0 Å². The number of rotatable bonds is 5. The van der Waals surface area contributed by atoms with Gasteiger partial charge in [-0.15, -0.1) is 0 Å². The van der Waals surface area contributed by atoms with Gasteiger partial charge in [0.05, 0.1) is 18.2 Å². The first-order chi connectivity index (χ1) is 15.8. The number of aliphatic hydroxyl groups is 1. The minimum absolute atomic E-state index is 0.113. The molecule has 2 aliphatic heterocycles. The van der Waals surface area contributed by atoms with Crippen molar-refractivity contribution in [3.8, 4) is 6.07 Å². The number of nitriles is 1. The molecule has 0 bridgehead atoms. The van der Waals surface area contributed by atoms with Gasteiger partial charge in [0.15, 0.2) is 12.2 Å². The molecule has 2 aliphatic rings. The van der Waals surface area contributed by atoms with E-state index in [1.807, 2.05) is 19.1 Å². The zero-order valence-electron chi connectivity index (χ0n) is 18.4. The molecule has 0 aromatic heterocycles. The number of nitrogens with zero attached hydrogens (tertiary/aromatic N) is 3. The van der Waals surface area contributed by atoms with Gasteiger partial charge in [0, 0.05) is 37.1 Å². The Morgan fingerprint density at radius 3 is 2.82 bits per heavy atom. The van der Waals surface area contributed by atoms with Gasteiger partial charge in [-0.3, -0.25) is 14.4 Å². The first-order valence-corrected chi connectivity index (χ1v) is 10.7. The first-order valence-electron chi connectivity index (χ1n) is 10.7. The summed E-state index contributed by atoms with van der Waals surface area (Å²) in [6.07, 6.45) is -2.54. The molecule has 1 saturated heterocycles. The summed E-state index contributed by atoms with van der Waals surface area (Å²) in [6, 6.07) is 12.1. The van der Waals surface area contributed by atoms with Crippen LogP contribution in [0.5, 0.6) is 0 Å². The van der Waals surface area contributed by atoms with Gasteiger partial charge in [0.1, 0.15) is 0 Å². The van der Waals surface area contributed by atoms with E-state index in [2.05, 4.69) is 5.32 Å². The number of fused-ring (bicyclic) bond motifs is 1. The Bertz CT molecular complexity index is 1170. The zero-order valence-corrected chi connectivity index (χ0v) is 18.4. The van der Waals surface area contributed by atoms with E-state index >= 15 is 0 Å². The summed E-state index contributed by atoms with van der Waals surface area (Å²) in [7, 11) is 1.71. The zero-order chi connectivity index (χ0) is 23.7. The van der Waals surface area contributed by atoms with Crippen LogP contribution in [-0.4, -0.2) is 60.1 Å². The maximum Gasteiger partial charge on any atom is 0.259 e. The lowest BCUT2D eigenvalue weighted by Gasteiger charge is -2.34. The molecule has 33 heavy (non-hydrogen) atoms. The molecule has 170 valence electrons. The second kappa shape index (κ2) is 9.02. The van der Waals surface area contributed by atoms with Crippen molar-refractivity contribution in [1.82, 2.24) is 4.90 Å². The molecule has 0 radical (unpaired) electrons. The Balaban J connectivity index is 1.51. The number of nitrogens with one attached hydrogen (secondary N) is 1. The van der Waals surface area contributed by atoms with E-state index in [4.69, 9.17) is 10.00 Å².